The van der Waals surface area contributed by atoms with E-state index in [0.717, 1.165) is 18.2 Å². The van der Waals surface area contributed by atoms with Gasteiger partial charge in [0.05, 0.1) is 16.1 Å². The molecule has 0 aromatic heterocycles. The van der Waals surface area contributed by atoms with Gasteiger partial charge in [-0.2, -0.15) is 0 Å². The monoisotopic (exact) mass is 293 g/mol. The van der Waals surface area contributed by atoms with Crippen molar-refractivity contribution in [3.05, 3.63) is 45.5 Å². The molecule has 0 unspecified atom stereocenters. The predicted molar refractivity (Wildman–Crippen MR) is 74.9 cm³/mol. The highest BCUT2D eigenvalue weighted by Crippen LogP contribution is 2.23. The number of aliphatic carboxylic acids is 1. The Kier molecular flexibility index (Phi) is 4.80. The normalized spacial score (nSPS) is 11.4. The summed E-state index contributed by atoms with van der Waals surface area (Å²) in [6.07, 6.45) is 1.88. The number of nitro groups is 1. The Balaban J connectivity index is 3.17. The summed E-state index contributed by atoms with van der Waals surface area (Å²) in [5, 5.41) is 19.5. The number of carbonyl (C=O) groups is 2. The van der Waals surface area contributed by atoms with Crippen LogP contribution >= 0.6 is 0 Å². The minimum absolute atomic E-state index is 0.0316. The van der Waals surface area contributed by atoms with Gasteiger partial charge in [-0.15, -0.1) is 0 Å². The van der Waals surface area contributed by atoms with Gasteiger partial charge in [-0.05, 0) is 39.0 Å². The Morgan fingerprint density at radius 2 is 1.95 bits per heavy atom. The maximum atomic E-state index is 11.9. The van der Waals surface area contributed by atoms with Crippen molar-refractivity contribution >= 4 is 23.7 Å². The summed E-state index contributed by atoms with van der Waals surface area (Å²) in [5.41, 5.74) is -0.956. The second-order valence-corrected chi connectivity index (χ2v) is 5.20. The van der Waals surface area contributed by atoms with Crippen LogP contribution < -0.4 is 0 Å². The van der Waals surface area contributed by atoms with Crippen molar-refractivity contribution in [1.29, 1.82) is 0 Å². The van der Waals surface area contributed by atoms with Gasteiger partial charge in [-0.1, -0.05) is 0 Å². The van der Waals surface area contributed by atoms with E-state index >= 15 is 0 Å². The van der Waals surface area contributed by atoms with Crippen LogP contribution in [0.5, 0.6) is 0 Å². The van der Waals surface area contributed by atoms with E-state index < -0.39 is 22.5 Å². The Morgan fingerprint density at radius 1 is 1.33 bits per heavy atom. The molecule has 0 aliphatic heterocycles. The third kappa shape index (κ3) is 5.06. The number of hydrogen-bond donors (Lipinski definition) is 1. The van der Waals surface area contributed by atoms with Crippen molar-refractivity contribution in [2.24, 2.45) is 0 Å². The number of hydrogen-bond acceptors (Lipinski definition) is 5. The Bertz CT molecular complexity index is 612. The van der Waals surface area contributed by atoms with Gasteiger partial charge in [0, 0.05) is 12.1 Å². The van der Waals surface area contributed by atoms with E-state index in [1.807, 2.05) is 0 Å². The SMILES string of the molecule is CC(C)(C)OC(=O)c1ccc(/C=C/C(=O)O)c([N+](=O)[O-])c1. The summed E-state index contributed by atoms with van der Waals surface area (Å²) in [5.74, 6) is -1.90. The second-order valence-electron chi connectivity index (χ2n) is 5.20. The van der Waals surface area contributed by atoms with Gasteiger partial charge in [0.2, 0.25) is 0 Å². The maximum Gasteiger partial charge on any atom is 0.338 e. The minimum Gasteiger partial charge on any atom is -0.478 e. The Hall–Kier alpha value is -2.70. The van der Waals surface area contributed by atoms with Gasteiger partial charge < -0.3 is 9.84 Å². The highest BCUT2D eigenvalue weighted by molar-refractivity contribution is 5.92. The van der Waals surface area contributed by atoms with Crippen LogP contribution in [0.1, 0.15) is 36.7 Å². The van der Waals surface area contributed by atoms with Gasteiger partial charge >= 0.3 is 11.9 Å². The fourth-order valence-corrected chi connectivity index (χ4v) is 1.47. The molecule has 0 saturated heterocycles. The Labute approximate surface area is 121 Å². The van der Waals surface area contributed by atoms with Gasteiger partial charge in [-0.25, -0.2) is 9.59 Å². The van der Waals surface area contributed by atoms with Crippen molar-refractivity contribution in [3.8, 4) is 0 Å². The predicted octanol–water partition coefficient (Wildman–Crippen LogP) is 2.65. The van der Waals surface area contributed by atoms with Gasteiger partial charge in [0.15, 0.2) is 0 Å². The molecule has 1 rings (SSSR count). The lowest BCUT2D eigenvalue weighted by Crippen LogP contribution is -2.23. The molecule has 0 radical (unpaired) electrons. The van der Waals surface area contributed by atoms with Crippen LogP contribution in [0.25, 0.3) is 6.08 Å². The number of ether oxygens (including phenoxy) is 1. The number of nitrogens with zero attached hydrogens (tertiary/aromatic N) is 1. The number of carboxylic acids is 1. The summed E-state index contributed by atoms with van der Waals surface area (Å²) in [4.78, 5) is 32.6. The molecule has 0 aliphatic rings. The average Bonchev–Trinajstić information content (AvgIpc) is 2.33. The lowest BCUT2D eigenvalue weighted by atomic mass is 10.1. The maximum absolute atomic E-state index is 11.9. The highest BCUT2D eigenvalue weighted by atomic mass is 16.6. The molecule has 1 aromatic carbocycles. The Morgan fingerprint density at radius 3 is 2.43 bits per heavy atom. The van der Waals surface area contributed by atoms with E-state index in [1.54, 1.807) is 20.8 Å². The summed E-state index contributed by atoms with van der Waals surface area (Å²) in [7, 11) is 0. The summed E-state index contributed by atoms with van der Waals surface area (Å²) < 4.78 is 5.12. The molecule has 0 saturated carbocycles. The zero-order valence-electron chi connectivity index (χ0n) is 11.8. The molecule has 0 aliphatic carbocycles. The third-order valence-electron chi connectivity index (χ3n) is 2.27. The molecule has 0 spiro atoms. The number of carboxylic acid groups (broad SMARTS) is 1. The van der Waals surface area contributed by atoms with Crippen LogP contribution in [0.3, 0.4) is 0 Å². The summed E-state index contributed by atoms with van der Waals surface area (Å²) in [6.45, 7) is 5.05. The van der Waals surface area contributed by atoms with Crippen LogP contribution in [-0.2, 0) is 9.53 Å². The van der Waals surface area contributed by atoms with Crippen LogP contribution in [0.15, 0.2) is 24.3 Å². The lowest BCUT2D eigenvalue weighted by molar-refractivity contribution is -0.385. The largest absolute Gasteiger partial charge is 0.478 e. The molecular formula is C14H15NO6. The smallest absolute Gasteiger partial charge is 0.338 e. The molecule has 0 heterocycles. The standard InChI is InChI=1S/C14H15NO6/c1-14(2,3)21-13(18)10-5-4-9(6-7-12(16)17)11(8-10)15(19)20/h4-8H,1-3H3,(H,16,17)/b7-6+. The lowest BCUT2D eigenvalue weighted by Gasteiger charge is -2.19. The average molecular weight is 293 g/mol. The second kappa shape index (κ2) is 6.17. The van der Waals surface area contributed by atoms with Crippen LogP contribution in [0, 0.1) is 10.1 Å². The summed E-state index contributed by atoms with van der Waals surface area (Å²) in [6, 6.07) is 3.72. The number of rotatable bonds is 4. The van der Waals surface area contributed by atoms with Crippen molar-refractivity contribution in [3.63, 3.8) is 0 Å². The van der Waals surface area contributed by atoms with Crippen molar-refractivity contribution in [2.75, 3.05) is 0 Å². The van der Waals surface area contributed by atoms with Gasteiger partial charge in [-0.3, -0.25) is 10.1 Å². The minimum atomic E-state index is -1.22. The first-order chi connectivity index (χ1) is 9.60. The molecule has 0 atom stereocenters. The highest BCUT2D eigenvalue weighted by Gasteiger charge is 2.21. The zero-order valence-corrected chi connectivity index (χ0v) is 11.8. The first kappa shape index (κ1) is 16.4. The van der Waals surface area contributed by atoms with E-state index in [0.29, 0.717) is 0 Å². The quantitative estimate of drug-likeness (QED) is 0.396. The van der Waals surface area contributed by atoms with E-state index in [4.69, 9.17) is 9.84 Å². The number of nitro benzene ring substituents is 1. The van der Waals surface area contributed by atoms with Gasteiger partial charge in [0.25, 0.3) is 5.69 Å². The molecule has 7 nitrogen and oxygen atoms in total. The first-order valence-electron chi connectivity index (χ1n) is 6.03. The van der Waals surface area contributed by atoms with Crippen LogP contribution in [0.2, 0.25) is 0 Å². The van der Waals surface area contributed by atoms with Crippen molar-refractivity contribution in [1.82, 2.24) is 0 Å². The molecule has 0 fully saturated rings. The van der Waals surface area contributed by atoms with Crippen LogP contribution in [0.4, 0.5) is 5.69 Å². The molecule has 1 N–H and O–H groups in total. The topological polar surface area (TPSA) is 107 Å². The molecule has 0 amide bonds. The number of esters is 1. The van der Waals surface area contributed by atoms with E-state index in [-0.39, 0.29) is 16.8 Å². The third-order valence-corrected chi connectivity index (χ3v) is 2.27. The molecule has 1 aromatic rings. The number of benzene rings is 1. The van der Waals surface area contributed by atoms with Crippen LogP contribution in [-0.4, -0.2) is 27.6 Å². The molecular weight excluding hydrogens is 278 g/mol. The van der Waals surface area contributed by atoms with Crippen molar-refractivity contribution in [2.45, 2.75) is 26.4 Å². The molecule has 0 bridgehead atoms. The van der Waals surface area contributed by atoms with Crippen molar-refractivity contribution < 1.29 is 24.4 Å². The van der Waals surface area contributed by atoms with E-state index in [2.05, 4.69) is 0 Å². The first-order valence-corrected chi connectivity index (χ1v) is 6.03. The van der Waals surface area contributed by atoms with Gasteiger partial charge in [0.1, 0.15) is 5.60 Å². The fourth-order valence-electron chi connectivity index (χ4n) is 1.47. The zero-order chi connectivity index (χ0) is 16.2. The molecule has 7 heteroatoms. The van der Waals surface area contributed by atoms with E-state index in [1.165, 1.54) is 12.1 Å². The number of carbonyl (C=O) groups excluding carboxylic acids is 1. The molecule has 21 heavy (non-hydrogen) atoms. The summed E-state index contributed by atoms with van der Waals surface area (Å²) >= 11 is 0. The fraction of sp³-hybridized carbons (Fsp3) is 0.286. The van der Waals surface area contributed by atoms with E-state index in [9.17, 15) is 19.7 Å². The molecule has 112 valence electrons.